The van der Waals surface area contributed by atoms with Gasteiger partial charge in [-0.25, -0.2) is 0 Å². The van der Waals surface area contributed by atoms with Crippen molar-refractivity contribution in [3.63, 3.8) is 0 Å². The molecule has 0 radical (unpaired) electrons. The molecule has 17 heavy (non-hydrogen) atoms. The van der Waals surface area contributed by atoms with Gasteiger partial charge in [0.15, 0.2) is 0 Å². The van der Waals surface area contributed by atoms with Crippen molar-refractivity contribution in [2.75, 3.05) is 40.0 Å². The fourth-order valence-corrected chi connectivity index (χ4v) is 2.21. The lowest BCUT2D eigenvalue weighted by atomic mass is 10.2. The van der Waals surface area contributed by atoms with Crippen LogP contribution in [0.4, 0.5) is 0 Å². The topological polar surface area (TPSA) is 52.5 Å². The van der Waals surface area contributed by atoms with Crippen LogP contribution in [0.25, 0.3) is 0 Å². The number of nitrogens with one attached hydrogen (secondary N) is 1. The zero-order chi connectivity index (χ0) is 12.6. The molecule has 0 aliphatic heterocycles. The molecule has 0 saturated heterocycles. The zero-order valence-electron chi connectivity index (χ0n) is 10.5. The average Bonchev–Trinajstić information content (AvgIpc) is 2.31. The lowest BCUT2D eigenvalue weighted by Gasteiger charge is -2.37. The minimum atomic E-state index is 0.133. The molecule has 0 bridgehead atoms. The predicted octanol–water partition coefficient (Wildman–Crippen LogP) is 0.165. The maximum absolute atomic E-state index is 9.21. The lowest BCUT2D eigenvalue weighted by molar-refractivity contribution is -0.943. The van der Waals surface area contributed by atoms with Crippen LogP contribution < -0.4 is 5.32 Å². The van der Waals surface area contributed by atoms with Gasteiger partial charge in [-0.1, -0.05) is 30.3 Å². The minimum absolute atomic E-state index is 0.133. The van der Waals surface area contributed by atoms with Gasteiger partial charge in [0, 0.05) is 5.56 Å². The van der Waals surface area contributed by atoms with Crippen LogP contribution in [0.15, 0.2) is 30.3 Å². The van der Waals surface area contributed by atoms with Crippen LogP contribution in [0, 0.1) is 0 Å². The minimum Gasteiger partial charge on any atom is -0.391 e. The van der Waals surface area contributed by atoms with E-state index in [2.05, 4.69) is 17.4 Å². The molecule has 4 heteroatoms. The number of aliphatic hydroxyl groups is 2. The number of quaternary nitrogens is 1. The van der Waals surface area contributed by atoms with Gasteiger partial charge in [-0.2, -0.15) is 0 Å². The monoisotopic (exact) mass is 239 g/mol. The number of aliphatic hydroxyl groups excluding tert-OH is 2. The summed E-state index contributed by atoms with van der Waals surface area (Å²) < 4.78 is 0.660. The molecule has 1 rings (SSSR count). The summed E-state index contributed by atoms with van der Waals surface area (Å²) in [5.74, 6) is 0. The van der Waals surface area contributed by atoms with Gasteiger partial charge in [-0.05, 0) is 7.05 Å². The second-order valence-electron chi connectivity index (χ2n) is 4.39. The molecule has 0 aromatic heterocycles. The Morgan fingerprint density at radius 2 is 1.65 bits per heavy atom. The number of hydrogen-bond acceptors (Lipinski definition) is 3. The van der Waals surface area contributed by atoms with Crippen LogP contribution in [-0.4, -0.2) is 54.7 Å². The second kappa shape index (κ2) is 7.40. The Labute approximate surface area is 103 Å². The normalized spacial score (nSPS) is 11.7. The van der Waals surface area contributed by atoms with E-state index in [4.69, 9.17) is 0 Å². The summed E-state index contributed by atoms with van der Waals surface area (Å²) in [6.07, 6.45) is 0. The first kappa shape index (κ1) is 14.1. The fourth-order valence-electron chi connectivity index (χ4n) is 2.21. The molecule has 3 N–H and O–H groups in total. The van der Waals surface area contributed by atoms with E-state index in [0.717, 1.165) is 13.2 Å². The number of benzene rings is 1. The Bertz CT molecular complexity index is 287. The van der Waals surface area contributed by atoms with E-state index < -0.39 is 0 Å². The van der Waals surface area contributed by atoms with Crippen molar-refractivity contribution in [1.29, 1.82) is 0 Å². The van der Waals surface area contributed by atoms with Crippen LogP contribution in [-0.2, 0) is 6.54 Å². The van der Waals surface area contributed by atoms with E-state index in [1.54, 1.807) is 0 Å². The smallest absolute Gasteiger partial charge is 0.132 e. The van der Waals surface area contributed by atoms with E-state index in [1.807, 2.05) is 25.2 Å². The molecule has 0 atom stereocenters. The SMILES string of the molecule is CNC[N+](CCO)(CCO)Cc1ccccc1. The van der Waals surface area contributed by atoms with Crippen LogP contribution in [0.2, 0.25) is 0 Å². The van der Waals surface area contributed by atoms with E-state index in [9.17, 15) is 10.2 Å². The fraction of sp³-hybridized carbons (Fsp3) is 0.538. The maximum atomic E-state index is 9.21. The highest BCUT2D eigenvalue weighted by Gasteiger charge is 2.25. The Kier molecular flexibility index (Phi) is 6.15. The third-order valence-electron chi connectivity index (χ3n) is 3.00. The van der Waals surface area contributed by atoms with Crippen LogP contribution >= 0.6 is 0 Å². The molecular formula is C13H23N2O2+. The molecule has 0 unspecified atom stereocenters. The van der Waals surface area contributed by atoms with Gasteiger partial charge in [-0.3, -0.25) is 5.32 Å². The van der Waals surface area contributed by atoms with Gasteiger partial charge < -0.3 is 14.7 Å². The second-order valence-corrected chi connectivity index (χ2v) is 4.39. The number of hydrogen-bond donors (Lipinski definition) is 3. The van der Waals surface area contributed by atoms with Crippen molar-refractivity contribution in [3.8, 4) is 0 Å². The van der Waals surface area contributed by atoms with Gasteiger partial charge in [0.05, 0.1) is 13.2 Å². The number of rotatable bonds is 8. The highest BCUT2D eigenvalue weighted by atomic mass is 16.3. The molecule has 1 aromatic carbocycles. The standard InChI is InChI=1S/C13H23N2O2/c1-14-12-15(7-9-16,8-10-17)11-13-5-3-2-4-6-13/h2-6,14,16-17H,7-12H2,1H3/q+1. The third kappa shape index (κ3) is 4.44. The highest BCUT2D eigenvalue weighted by molar-refractivity contribution is 5.13. The molecule has 96 valence electrons. The third-order valence-corrected chi connectivity index (χ3v) is 3.00. The molecule has 0 heterocycles. The van der Waals surface area contributed by atoms with Crippen molar-refractivity contribution in [3.05, 3.63) is 35.9 Å². The summed E-state index contributed by atoms with van der Waals surface area (Å²) in [6.45, 7) is 3.13. The van der Waals surface area contributed by atoms with Crippen molar-refractivity contribution >= 4 is 0 Å². The lowest BCUT2D eigenvalue weighted by Crippen LogP contribution is -2.55. The van der Waals surface area contributed by atoms with Gasteiger partial charge in [0.1, 0.15) is 26.3 Å². The summed E-state index contributed by atoms with van der Waals surface area (Å²) in [4.78, 5) is 0. The number of nitrogens with zero attached hydrogens (tertiary/aromatic N) is 1. The molecule has 1 aromatic rings. The van der Waals surface area contributed by atoms with E-state index in [1.165, 1.54) is 5.56 Å². The average molecular weight is 239 g/mol. The van der Waals surface area contributed by atoms with E-state index in [0.29, 0.717) is 17.6 Å². The molecule has 0 saturated carbocycles. The summed E-state index contributed by atoms with van der Waals surface area (Å²) in [7, 11) is 1.90. The van der Waals surface area contributed by atoms with E-state index >= 15 is 0 Å². The van der Waals surface area contributed by atoms with Crippen LogP contribution in [0.3, 0.4) is 0 Å². The highest BCUT2D eigenvalue weighted by Crippen LogP contribution is 2.13. The summed E-state index contributed by atoms with van der Waals surface area (Å²) >= 11 is 0. The van der Waals surface area contributed by atoms with Gasteiger partial charge in [-0.15, -0.1) is 0 Å². The summed E-state index contributed by atoms with van der Waals surface area (Å²) in [5.41, 5.74) is 1.23. The molecular weight excluding hydrogens is 216 g/mol. The molecule has 0 fully saturated rings. The van der Waals surface area contributed by atoms with E-state index in [-0.39, 0.29) is 13.2 Å². The van der Waals surface area contributed by atoms with Gasteiger partial charge >= 0.3 is 0 Å². The summed E-state index contributed by atoms with van der Waals surface area (Å²) in [6, 6.07) is 10.2. The van der Waals surface area contributed by atoms with Crippen molar-refractivity contribution in [2.45, 2.75) is 6.54 Å². The molecule has 0 spiro atoms. The Morgan fingerprint density at radius 3 is 2.12 bits per heavy atom. The largest absolute Gasteiger partial charge is 0.391 e. The predicted molar refractivity (Wildman–Crippen MR) is 68.2 cm³/mol. The van der Waals surface area contributed by atoms with Gasteiger partial charge in [0.2, 0.25) is 0 Å². The Balaban J connectivity index is 2.80. The van der Waals surface area contributed by atoms with Crippen LogP contribution in [0.1, 0.15) is 5.56 Å². The Morgan fingerprint density at radius 1 is 1.06 bits per heavy atom. The quantitative estimate of drug-likeness (QED) is 0.447. The molecule has 4 nitrogen and oxygen atoms in total. The van der Waals surface area contributed by atoms with Crippen molar-refractivity contribution in [1.82, 2.24) is 5.32 Å². The first-order chi connectivity index (χ1) is 8.26. The maximum Gasteiger partial charge on any atom is 0.132 e. The first-order valence-corrected chi connectivity index (χ1v) is 6.02. The molecule has 0 aliphatic rings. The first-order valence-electron chi connectivity index (χ1n) is 6.02. The van der Waals surface area contributed by atoms with Gasteiger partial charge in [0.25, 0.3) is 0 Å². The van der Waals surface area contributed by atoms with Crippen LogP contribution in [0.5, 0.6) is 0 Å². The van der Waals surface area contributed by atoms with Crippen molar-refractivity contribution < 1.29 is 14.7 Å². The summed E-state index contributed by atoms with van der Waals surface area (Å²) in [5, 5.41) is 21.6. The molecule has 0 amide bonds. The zero-order valence-corrected chi connectivity index (χ0v) is 10.5. The van der Waals surface area contributed by atoms with Crippen molar-refractivity contribution in [2.24, 2.45) is 0 Å². The Hall–Kier alpha value is -0.940. The molecule has 0 aliphatic carbocycles.